The fourth-order valence-electron chi connectivity index (χ4n) is 5.97. The zero-order valence-electron chi connectivity index (χ0n) is 25.4. The standard InChI is InChI=1S/C33H42F3N5O3/c1-40-14-10-28-25(22-40)11-15-43-17-18-44-16-13-37-21-24-8-9-32(42-2)30(19-24)38-12-4-5-26-20-27-29(39-28)6-3-7-31(27)41(26)23-33(34,35)36/h3,6-9,19-20,25,28,37-39H,10-18,21-23H2,1-2H3. The summed E-state index contributed by atoms with van der Waals surface area (Å²) in [6, 6.07) is 13.3. The normalized spacial score (nSPS) is 21.3. The summed E-state index contributed by atoms with van der Waals surface area (Å²) >= 11 is 0. The SMILES string of the molecule is COc1ccc2cc1NCC#Cc1cc3c(cccc3n1CC(F)(F)F)NC1CCN(C)CC1CCOCCOCCNC2. The van der Waals surface area contributed by atoms with Crippen LogP contribution >= 0.6 is 0 Å². The van der Waals surface area contributed by atoms with Crippen LogP contribution in [-0.4, -0.2) is 88.4 Å². The second-order valence-electron chi connectivity index (χ2n) is 11.4. The predicted molar refractivity (Wildman–Crippen MR) is 167 cm³/mol. The molecule has 8 nitrogen and oxygen atoms in total. The highest BCUT2D eigenvalue weighted by atomic mass is 19.4. The third-order valence-electron chi connectivity index (χ3n) is 8.17. The topological polar surface area (TPSA) is 72.0 Å². The van der Waals surface area contributed by atoms with Crippen LogP contribution in [0.5, 0.6) is 5.75 Å². The minimum absolute atomic E-state index is 0.170. The Morgan fingerprint density at radius 3 is 2.68 bits per heavy atom. The van der Waals surface area contributed by atoms with E-state index in [-0.39, 0.29) is 12.6 Å². The van der Waals surface area contributed by atoms with Crippen molar-refractivity contribution in [1.29, 1.82) is 0 Å². The number of nitrogens with one attached hydrogen (secondary N) is 3. The molecular formula is C33H42F3N5O3. The van der Waals surface area contributed by atoms with Crippen LogP contribution in [0.4, 0.5) is 24.5 Å². The smallest absolute Gasteiger partial charge is 0.406 e. The molecule has 0 aliphatic carbocycles. The molecule has 2 atom stereocenters. The summed E-state index contributed by atoms with van der Waals surface area (Å²) in [6.07, 6.45) is -2.58. The molecular weight excluding hydrogens is 571 g/mol. The Morgan fingerprint density at radius 2 is 1.86 bits per heavy atom. The predicted octanol–water partition coefficient (Wildman–Crippen LogP) is 4.93. The first-order valence-corrected chi connectivity index (χ1v) is 15.2. The average Bonchev–Trinajstić information content (AvgIpc) is 3.33. The van der Waals surface area contributed by atoms with Gasteiger partial charge in [-0.1, -0.05) is 18.1 Å². The van der Waals surface area contributed by atoms with Crippen LogP contribution < -0.4 is 20.7 Å². The molecule has 1 aromatic heterocycles. The summed E-state index contributed by atoms with van der Waals surface area (Å²) in [5.41, 5.74) is 3.46. The number of halogens is 3. The van der Waals surface area contributed by atoms with Crippen LogP contribution in [0.25, 0.3) is 10.9 Å². The minimum Gasteiger partial charge on any atom is -0.495 e. The van der Waals surface area contributed by atoms with Gasteiger partial charge in [-0.3, -0.25) is 0 Å². The number of methoxy groups -OCH3 is 1. The van der Waals surface area contributed by atoms with Gasteiger partial charge in [-0.05, 0) is 74.2 Å². The van der Waals surface area contributed by atoms with E-state index in [1.165, 1.54) is 4.57 Å². The molecule has 0 amide bonds. The van der Waals surface area contributed by atoms with Gasteiger partial charge >= 0.3 is 6.18 Å². The summed E-state index contributed by atoms with van der Waals surface area (Å²) in [4.78, 5) is 2.32. The summed E-state index contributed by atoms with van der Waals surface area (Å²) < 4.78 is 59.7. The molecule has 3 aromatic rings. The second-order valence-corrected chi connectivity index (χ2v) is 11.4. The first-order valence-electron chi connectivity index (χ1n) is 15.2. The van der Waals surface area contributed by atoms with Crippen molar-refractivity contribution in [3.63, 3.8) is 0 Å². The lowest BCUT2D eigenvalue weighted by Crippen LogP contribution is -2.45. The molecule has 44 heavy (non-hydrogen) atoms. The van der Waals surface area contributed by atoms with Crippen molar-refractivity contribution in [2.75, 3.05) is 77.4 Å². The van der Waals surface area contributed by atoms with Gasteiger partial charge in [0.05, 0.1) is 50.4 Å². The van der Waals surface area contributed by atoms with Gasteiger partial charge in [-0.25, -0.2) is 0 Å². The first-order chi connectivity index (χ1) is 21.3. The number of benzene rings is 2. The summed E-state index contributed by atoms with van der Waals surface area (Å²) in [7, 11) is 3.72. The van der Waals surface area contributed by atoms with E-state index in [1.807, 2.05) is 30.3 Å². The van der Waals surface area contributed by atoms with E-state index >= 15 is 0 Å². The number of ether oxygens (including phenoxy) is 3. The molecule has 3 heterocycles. The van der Waals surface area contributed by atoms with Crippen LogP contribution in [0.3, 0.4) is 0 Å². The number of nitrogens with zero attached hydrogens (tertiary/aromatic N) is 2. The van der Waals surface area contributed by atoms with Crippen molar-refractivity contribution in [3.05, 3.63) is 53.7 Å². The summed E-state index contributed by atoms with van der Waals surface area (Å²) in [5.74, 6) is 7.03. The van der Waals surface area contributed by atoms with E-state index in [0.29, 0.717) is 62.4 Å². The van der Waals surface area contributed by atoms with Crippen molar-refractivity contribution in [1.82, 2.24) is 14.8 Å². The molecule has 11 heteroatoms. The van der Waals surface area contributed by atoms with Crippen LogP contribution in [0.1, 0.15) is 24.1 Å². The Kier molecular flexibility index (Phi) is 10.9. The number of fused-ring (bicyclic) bond motifs is 4. The maximum absolute atomic E-state index is 13.7. The Bertz CT molecular complexity index is 1450. The molecule has 5 rings (SSSR count). The zero-order valence-corrected chi connectivity index (χ0v) is 25.4. The lowest BCUT2D eigenvalue weighted by molar-refractivity contribution is -0.140. The molecule has 238 valence electrons. The van der Waals surface area contributed by atoms with Crippen molar-refractivity contribution >= 4 is 22.3 Å². The van der Waals surface area contributed by atoms with Crippen LogP contribution in [0.2, 0.25) is 0 Å². The fraction of sp³-hybridized carbons (Fsp3) is 0.515. The zero-order chi connectivity index (χ0) is 30.9. The molecule has 3 N–H and O–H groups in total. The summed E-state index contributed by atoms with van der Waals surface area (Å²) in [5, 5.41) is 11.1. The second kappa shape index (κ2) is 15.0. The van der Waals surface area contributed by atoms with E-state index in [4.69, 9.17) is 14.2 Å². The molecule has 4 bridgehead atoms. The number of likely N-dealkylation sites (tertiary alicyclic amines) is 1. The van der Waals surface area contributed by atoms with Gasteiger partial charge in [-0.15, -0.1) is 0 Å². The largest absolute Gasteiger partial charge is 0.495 e. The molecule has 0 spiro atoms. The molecule has 2 aliphatic rings. The molecule has 0 saturated carbocycles. The van der Waals surface area contributed by atoms with E-state index < -0.39 is 12.7 Å². The molecule has 1 saturated heterocycles. The number of anilines is 2. The van der Waals surface area contributed by atoms with Gasteiger partial charge in [0, 0.05) is 43.4 Å². The number of aromatic nitrogens is 1. The van der Waals surface area contributed by atoms with Crippen LogP contribution in [0.15, 0.2) is 42.5 Å². The van der Waals surface area contributed by atoms with Crippen molar-refractivity contribution in [2.45, 2.75) is 38.1 Å². The van der Waals surface area contributed by atoms with Gasteiger partial charge < -0.3 is 39.6 Å². The van der Waals surface area contributed by atoms with Crippen LogP contribution in [0, 0.1) is 17.8 Å². The summed E-state index contributed by atoms with van der Waals surface area (Å²) in [6.45, 7) is 4.61. The number of hydrogen-bond acceptors (Lipinski definition) is 7. The first kappa shape index (κ1) is 32.0. The Balaban J connectivity index is 1.45. The fourth-order valence-corrected chi connectivity index (χ4v) is 5.97. The van der Waals surface area contributed by atoms with Crippen LogP contribution in [-0.2, 0) is 22.6 Å². The van der Waals surface area contributed by atoms with Crippen molar-refractivity contribution in [2.24, 2.45) is 5.92 Å². The van der Waals surface area contributed by atoms with Gasteiger partial charge in [0.1, 0.15) is 12.3 Å². The minimum atomic E-state index is -4.39. The van der Waals surface area contributed by atoms with Gasteiger partial charge in [-0.2, -0.15) is 13.2 Å². The highest BCUT2D eigenvalue weighted by Gasteiger charge is 2.31. The Morgan fingerprint density at radius 1 is 1.02 bits per heavy atom. The maximum Gasteiger partial charge on any atom is 0.406 e. The third-order valence-corrected chi connectivity index (χ3v) is 8.17. The van der Waals surface area contributed by atoms with Crippen molar-refractivity contribution < 1.29 is 27.4 Å². The van der Waals surface area contributed by atoms with E-state index in [9.17, 15) is 13.2 Å². The van der Waals surface area contributed by atoms with Crippen molar-refractivity contribution in [3.8, 4) is 17.6 Å². The third kappa shape index (κ3) is 8.60. The molecule has 2 aliphatic heterocycles. The Hall–Kier alpha value is -3.43. The number of alkyl halides is 3. The van der Waals surface area contributed by atoms with E-state index in [2.05, 4.69) is 39.7 Å². The highest BCUT2D eigenvalue weighted by molar-refractivity contribution is 5.94. The Labute approximate surface area is 257 Å². The lowest BCUT2D eigenvalue weighted by atomic mass is 9.89. The monoisotopic (exact) mass is 613 g/mol. The average molecular weight is 614 g/mol. The van der Waals surface area contributed by atoms with E-state index in [1.54, 1.807) is 19.2 Å². The number of piperidine rings is 1. The lowest BCUT2D eigenvalue weighted by Gasteiger charge is -2.38. The highest BCUT2D eigenvalue weighted by Crippen LogP contribution is 2.32. The maximum atomic E-state index is 13.7. The van der Waals surface area contributed by atoms with Gasteiger partial charge in [0.15, 0.2) is 0 Å². The van der Waals surface area contributed by atoms with E-state index in [0.717, 1.165) is 48.3 Å². The molecule has 2 aromatic carbocycles. The molecule has 2 unspecified atom stereocenters. The number of hydrogen-bond donors (Lipinski definition) is 3. The van der Waals surface area contributed by atoms with Gasteiger partial charge in [0.25, 0.3) is 0 Å². The number of rotatable bonds is 2. The molecule has 0 radical (unpaired) electrons. The quantitative estimate of drug-likeness (QED) is 0.354. The van der Waals surface area contributed by atoms with Gasteiger partial charge in [0.2, 0.25) is 0 Å². The molecule has 1 fully saturated rings.